The number of carboxylic acid groups (broad SMARTS) is 1. The summed E-state index contributed by atoms with van der Waals surface area (Å²) in [6.45, 7) is 1.92. The molecule has 0 radical (unpaired) electrons. The number of nitrogens with one attached hydrogen (secondary N) is 4. The topological polar surface area (TPSA) is 253 Å². The van der Waals surface area contributed by atoms with Gasteiger partial charge in [0.2, 0.25) is 18.0 Å². The first kappa shape index (κ1) is 34.4. The number of carboxylic acids is 1. The van der Waals surface area contributed by atoms with Gasteiger partial charge < -0.3 is 26.0 Å². The minimum absolute atomic E-state index is 0.0174. The lowest BCUT2D eigenvalue weighted by Crippen LogP contribution is -2.85. The normalized spacial score (nSPS) is 21.3. The molecule has 0 aliphatic carbocycles. The van der Waals surface area contributed by atoms with Crippen molar-refractivity contribution in [2.45, 2.75) is 29.2 Å². The fourth-order valence-corrected chi connectivity index (χ4v) is 8.47. The van der Waals surface area contributed by atoms with Crippen LogP contribution in [0.25, 0.3) is 0 Å². The number of thioether (sulfide) groups is 2. The molecule has 5 rings (SSSR count). The molecule has 0 bridgehead atoms. The largest absolute Gasteiger partial charge is 0.477 e. The summed E-state index contributed by atoms with van der Waals surface area (Å²) in [5.41, 5.74) is -4.06. The van der Waals surface area contributed by atoms with Gasteiger partial charge in [0.25, 0.3) is 5.91 Å². The first-order valence-electron chi connectivity index (χ1n) is 14.0. The standard InChI is InChI=1S/C26H27N9O10S3/c1-3-33-6-7-34(20(41)19(33)40)24(45)28-14(13-5-4-8-46-13)16(37)29-26(27-11-36)22(44)35-15(21(42)43)12(9-47-23(26)35)10-48-25-31-30-17(38)18(39)32(25)2/h4-5,8,11,14,23H,3,6-7,9-10H2,1-2H3,(H,27,36)(H,28,45)(H,29,37)(H,30,38)(H,42,43)/t14?,23-,26+/m0/s1. The van der Waals surface area contributed by atoms with Gasteiger partial charge in [0.05, 0.1) is 0 Å². The molecule has 0 saturated carbocycles. The fourth-order valence-electron chi connectivity index (χ4n) is 5.21. The molecular formula is C26H27N9O10S3. The zero-order chi connectivity index (χ0) is 34.9. The Morgan fingerprint density at radius 3 is 2.60 bits per heavy atom. The van der Waals surface area contributed by atoms with Gasteiger partial charge in [0.15, 0.2) is 5.16 Å². The van der Waals surface area contributed by atoms with Gasteiger partial charge in [0, 0.05) is 43.1 Å². The van der Waals surface area contributed by atoms with Crippen LogP contribution in [-0.4, -0.2) is 119 Å². The predicted molar refractivity (Wildman–Crippen MR) is 168 cm³/mol. The summed E-state index contributed by atoms with van der Waals surface area (Å²) in [6.07, 6.45) is 0.171. The second-order valence-electron chi connectivity index (χ2n) is 10.4. The lowest BCUT2D eigenvalue weighted by atomic mass is 9.94. The van der Waals surface area contributed by atoms with Crippen molar-refractivity contribution in [2.24, 2.45) is 7.05 Å². The van der Waals surface area contributed by atoms with E-state index < -0.39 is 69.5 Å². The molecule has 7 amide bonds. The van der Waals surface area contributed by atoms with Crippen LogP contribution >= 0.6 is 34.9 Å². The zero-order valence-corrected chi connectivity index (χ0v) is 27.5. The lowest BCUT2D eigenvalue weighted by molar-refractivity contribution is -0.163. The SMILES string of the molecule is CCN1CCN(C(=O)NC(C(=O)N[C@]2(NC=O)C(=O)N3C(C(=O)O)=C(CSc4n[nH]c(=O)c(=O)n4C)CS[C@H]32)c2cccs2)C(=O)C1=O. The number of H-pyrrole nitrogens is 1. The molecule has 3 aliphatic rings. The maximum absolute atomic E-state index is 13.8. The highest BCUT2D eigenvalue weighted by molar-refractivity contribution is 8.01. The summed E-state index contributed by atoms with van der Waals surface area (Å²) in [5.74, 6) is -5.39. The zero-order valence-electron chi connectivity index (χ0n) is 25.1. The van der Waals surface area contributed by atoms with Crippen LogP contribution in [-0.2, 0) is 35.8 Å². The Kier molecular flexibility index (Phi) is 9.77. The minimum atomic E-state index is -2.12. The number of aromatic nitrogens is 3. The molecule has 2 saturated heterocycles. The highest BCUT2D eigenvalue weighted by atomic mass is 32.2. The molecule has 3 aliphatic heterocycles. The average molecular weight is 722 g/mol. The van der Waals surface area contributed by atoms with Crippen molar-refractivity contribution in [3.05, 3.63) is 54.4 Å². The van der Waals surface area contributed by atoms with E-state index in [1.54, 1.807) is 18.4 Å². The van der Waals surface area contributed by atoms with Crippen LogP contribution in [0.5, 0.6) is 0 Å². The van der Waals surface area contributed by atoms with Gasteiger partial charge in [-0.3, -0.25) is 47.9 Å². The second-order valence-corrected chi connectivity index (χ2v) is 13.4. The number of amides is 7. The first-order valence-corrected chi connectivity index (χ1v) is 16.9. The van der Waals surface area contributed by atoms with Crippen molar-refractivity contribution in [2.75, 3.05) is 31.1 Å². The quantitative estimate of drug-likeness (QED) is 0.0533. The number of nitrogens with zero attached hydrogens (tertiary/aromatic N) is 5. The summed E-state index contributed by atoms with van der Waals surface area (Å²) >= 11 is 3.06. The van der Waals surface area contributed by atoms with E-state index in [9.17, 15) is 48.3 Å². The average Bonchev–Trinajstić information content (AvgIpc) is 3.60. The number of β-lactam (4-membered cyclic amide) rings is 1. The van der Waals surface area contributed by atoms with Gasteiger partial charge in [-0.15, -0.1) is 28.2 Å². The Labute approximate surface area is 282 Å². The van der Waals surface area contributed by atoms with Crippen molar-refractivity contribution in [1.82, 2.24) is 45.4 Å². The number of piperazine rings is 1. The van der Waals surface area contributed by atoms with Crippen LogP contribution in [0.15, 0.2) is 43.5 Å². The van der Waals surface area contributed by atoms with Crippen molar-refractivity contribution in [3.63, 3.8) is 0 Å². The first-order chi connectivity index (χ1) is 22.9. The predicted octanol–water partition coefficient (Wildman–Crippen LogP) is -2.42. The number of imide groups is 1. The maximum Gasteiger partial charge on any atom is 0.352 e. The van der Waals surface area contributed by atoms with Gasteiger partial charge in [-0.2, -0.15) is 0 Å². The number of rotatable bonds is 11. The lowest BCUT2D eigenvalue weighted by Gasteiger charge is -2.56. The number of hydrogen-bond acceptors (Lipinski definition) is 13. The summed E-state index contributed by atoms with van der Waals surface area (Å²) in [6, 6.07) is 0.598. The van der Waals surface area contributed by atoms with Crippen LogP contribution in [0.1, 0.15) is 17.8 Å². The molecule has 2 aromatic rings. The highest BCUT2D eigenvalue weighted by Gasteiger charge is 2.66. The summed E-state index contributed by atoms with van der Waals surface area (Å²) < 4.78 is 0.994. The molecule has 3 atom stereocenters. The molecule has 0 aromatic carbocycles. The Bertz CT molecular complexity index is 1860. The number of likely N-dealkylation sites (N-methyl/N-ethyl adjacent to an activating group) is 1. The molecule has 254 valence electrons. The molecule has 0 spiro atoms. The van der Waals surface area contributed by atoms with Crippen molar-refractivity contribution < 1.29 is 38.7 Å². The van der Waals surface area contributed by atoms with Gasteiger partial charge in [-0.25, -0.2) is 14.7 Å². The van der Waals surface area contributed by atoms with E-state index in [4.69, 9.17) is 0 Å². The Morgan fingerprint density at radius 1 is 1.21 bits per heavy atom. The number of fused-ring (bicyclic) bond motifs is 1. The van der Waals surface area contributed by atoms with Crippen LogP contribution < -0.4 is 27.1 Å². The number of aromatic amines is 1. The monoisotopic (exact) mass is 721 g/mol. The van der Waals surface area contributed by atoms with E-state index in [0.29, 0.717) is 9.78 Å². The van der Waals surface area contributed by atoms with Crippen molar-refractivity contribution in [1.29, 1.82) is 0 Å². The van der Waals surface area contributed by atoms with Gasteiger partial charge >= 0.3 is 34.9 Å². The minimum Gasteiger partial charge on any atom is -0.477 e. The Morgan fingerprint density at radius 2 is 1.96 bits per heavy atom. The summed E-state index contributed by atoms with van der Waals surface area (Å²) in [4.78, 5) is 117. The van der Waals surface area contributed by atoms with Crippen LogP contribution in [0.3, 0.4) is 0 Å². The van der Waals surface area contributed by atoms with E-state index in [0.717, 1.165) is 44.3 Å². The Balaban J connectivity index is 1.38. The summed E-state index contributed by atoms with van der Waals surface area (Å²) in [5, 5.41) is 23.8. The molecule has 5 heterocycles. The van der Waals surface area contributed by atoms with E-state index in [1.165, 1.54) is 18.0 Å². The molecule has 5 N–H and O–H groups in total. The van der Waals surface area contributed by atoms with Gasteiger partial charge in [-0.1, -0.05) is 17.8 Å². The van der Waals surface area contributed by atoms with Crippen LogP contribution in [0.2, 0.25) is 0 Å². The van der Waals surface area contributed by atoms with E-state index in [1.807, 2.05) is 0 Å². The fraction of sp³-hybridized carbons (Fsp3) is 0.385. The van der Waals surface area contributed by atoms with E-state index in [-0.39, 0.29) is 48.3 Å². The van der Waals surface area contributed by atoms with Crippen LogP contribution in [0, 0.1) is 0 Å². The number of thiophene rings is 1. The molecular weight excluding hydrogens is 695 g/mol. The number of hydrogen-bond donors (Lipinski definition) is 5. The van der Waals surface area contributed by atoms with E-state index in [2.05, 4.69) is 26.1 Å². The number of carbonyl (C=O) groups is 7. The molecule has 22 heteroatoms. The summed E-state index contributed by atoms with van der Waals surface area (Å²) in [7, 11) is 1.32. The third kappa shape index (κ3) is 5.96. The second kappa shape index (κ2) is 13.6. The van der Waals surface area contributed by atoms with Gasteiger partial charge in [-0.05, 0) is 23.9 Å². The maximum atomic E-state index is 13.8. The number of urea groups is 1. The number of carbonyl (C=O) groups excluding carboxylic acids is 6. The van der Waals surface area contributed by atoms with Crippen molar-refractivity contribution >= 4 is 76.9 Å². The molecule has 19 nitrogen and oxygen atoms in total. The van der Waals surface area contributed by atoms with E-state index >= 15 is 0 Å². The molecule has 2 aromatic heterocycles. The Hall–Kier alpha value is -4.96. The smallest absolute Gasteiger partial charge is 0.352 e. The number of aliphatic carboxylic acids is 1. The third-order valence-electron chi connectivity index (χ3n) is 7.67. The van der Waals surface area contributed by atoms with Gasteiger partial charge in [0.1, 0.15) is 17.1 Å². The molecule has 1 unspecified atom stereocenters. The molecule has 48 heavy (non-hydrogen) atoms. The van der Waals surface area contributed by atoms with Crippen LogP contribution in [0.4, 0.5) is 4.79 Å². The van der Waals surface area contributed by atoms with Crippen molar-refractivity contribution in [3.8, 4) is 0 Å². The molecule has 2 fully saturated rings. The third-order valence-corrected chi connectivity index (χ3v) is 11.1. The highest BCUT2D eigenvalue weighted by Crippen LogP contribution is 2.46.